The number of rotatable bonds is 3. The number of benzene rings is 1. The van der Waals surface area contributed by atoms with Gasteiger partial charge in [-0.1, -0.05) is 19.1 Å². The van der Waals surface area contributed by atoms with Crippen molar-refractivity contribution < 1.29 is 9.90 Å². The summed E-state index contributed by atoms with van der Waals surface area (Å²) in [4.78, 5) is 13.2. The van der Waals surface area contributed by atoms with E-state index in [1.807, 2.05) is 12.1 Å². The topological polar surface area (TPSA) is 91.8 Å². The van der Waals surface area contributed by atoms with Crippen molar-refractivity contribution in [2.24, 2.45) is 0 Å². The lowest BCUT2D eigenvalue weighted by molar-refractivity contribution is -0.136. The SMILES string of the molecule is CCC(=O)O.N#Cc1ccc(Cn2cncn2)cc1. The van der Waals surface area contributed by atoms with Crippen molar-refractivity contribution in [3.8, 4) is 6.07 Å². The lowest BCUT2D eigenvalue weighted by atomic mass is 10.1. The number of carboxylic acid groups (broad SMARTS) is 1. The van der Waals surface area contributed by atoms with E-state index in [4.69, 9.17) is 10.4 Å². The molecule has 1 heterocycles. The summed E-state index contributed by atoms with van der Waals surface area (Å²) in [6.45, 7) is 2.29. The number of hydrogen-bond donors (Lipinski definition) is 1. The van der Waals surface area contributed by atoms with E-state index in [9.17, 15) is 4.79 Å². The van der Waals surface area contributed by atoms with Crippen LogP contribution in [0.1, 0.15) is 24.5 Å². The lowest BCUT2D eigenvalue weighted by Crippen LogP contribution is -1.99. The molecule has 0 amide bonds. The molecule has 19 heavy (non-hydrogen) atoms. The fourth-order valence-electron chi connectivity index (χ4n) is 1.19. The molecule has 0 saturated heterocycles. The minimum atomic E-state index is -0.745. The Kier molecular flexibility index (Phi) is 5.76. The van der Waals surface area contributed by atoms with Crippen LogP contribution in [0.2, 0.25) is 0 Å². The van der Waals surface area contributed by atoms with E-state index in [1.165, 1.54) is 6.33 Å². The number of aromatic nitrogens is 3. The molecule has 0 spiro atoms. The highest BCUT2D eigenvalue weighted by molar-refractivity contribution is 5.66. The Morgan fingerprint density at radius 2 is 2.05 bits per heavy atom. The average Bonchev–Trinajstić information content (AvgIpc) is 2.93. The second-order valence-corrected chi connectivity index (χ2v) is 3.65. The minimum Gasteiger partial charge on any atom is -0.481 e. The quantitative estimate of drug-likeness (QED) is 0.904. The first-order chi connectivity index (χ1) is 9.15. The predicted molar refractivity (Wildman–Crippen MR) is 68.2 cm³/mol. The van der Waals surface area contributed by atoms with Gasteiger partial charge >= 0.3 is 5.97 Å². The number of hydrogen-bond acceptors (Lipinski definition) is 4. The van der Waals surface area contributed by atoms with Gasteiger partial charge in [-0.2, -0.15) is 10.4 Å². The molecule has 6 heteroatoms. The Morgan fingerprint density at radius 1 is 1.42 bits per heavy atom. The van der Waals surface area contributed by atoms with E-state index in [-0.39, 0.29) is 6.42 Å². The van der Waals surface area contributed by atoms with E-state index in [0.29, 0.717) is 12.1 Å². The largest absolute Gasteiger partial charge is 0.481 e. The van der Waals surface area contributed by atoms with Crippen LogP contribution in [-0.4, -0.2) is 25.8 Å². The molecule has 2 aromatic rings. The average molecular weight is 258 g/mol. The van der Waals surface area contributed by atoms with E-state index in [0.717, 1.165) is 5.56 Å². The molecule has 1 aromatic carbocycles. The first-order valence-electron chi connectivity index (χ1n) is 5.69. The molecular formula is C13H14N4O2. The standard InChI is InChI=1S/C10H8N4.C3H6O2/c11-5-9-1-3-10(4-2-9)6-14-8-12-7-13-14;1-2-3(4)5/h1-4,7-8H,6H2;2H2,1H3,(H,4,5). The summed E-state index contributed by atoms with van der Waals surface area (Å²) in [7, 11) is 0. The molecule has 1 N–H and O–H groups in total. The molecule has 98 valence electrons. The van der Waals surface area contributed by atoms with Gasteiger partial charge in [0.05, 0.1) is 18.2 Å². The summed E-state index contributed by atoms with van der Waals surface area (Å²) >= 11 is 0. The zero-order valence-corrected chi connectivity index (χ0v) is 10.5. The summed E-state index contributed by atoms with van der Waals surface area (Å²) in [5.41, 5.74) is 1.78. The zero-order chi connectivity index (χ0) is 14.1. The molecule has 0 fully saturated rings. The second-order valence-electron chi connectivity index (χ2n) is 3.65. The van der Waals surface area contributed by atoms with Crippen LogP contribution in [0.15, 0.2) is 36.9 Å². The highest BCUT2D eigenvalue weighted by atomic mass is 16.4. The van der Waals surface area contributed by atoms with E-state index in [1.54, 1.807) is 30.1 Å². The maximum atomic E-state index is 9.37. The number of nitrogens with zero attached hydrogens (tertiary/aromatic N) is 4. The van der Waals surface area contributed by atoms with Crippen LogP contribution < -0.4 is 0 Å². The van der Waals surface area contributed by atoms with Crippen LogP contribution in [0.3, 0.4) is 0 Å². The number of nitriles is 1. The Balaban J connectivity index is 0.000000312. The van der Waals surface area contributed by atoms with Crippen LogP contribution in [0.25, 0.3) is 0 Å². The van der Waals surface area contributed by atoms with Gasteiger partial charge in [-0.25, -0.2) is 9.67 Å². The molecule has 0 unspecified atom stereocenters. The third-order valence-corrected chi connectivity index (χ3v) is 2.20. The second kappa shape index (κ2) is 7.61. The Labute approximate surface area is 110 Å². The normalized spacial score (nSPS) is 9.05. The number of carbonyl (C=O) groups is 1. The van der Waals surface area contributed by atoms with E-state index < -0.39 is 5.97 Å². The monoisotopic (exact) mass is 258 g/mol. The van der Waals surface area contributed by atoms with Gasteiger partial charge in [0.25, 0.3) is 0 Å². The fourth-order valence-corrected chi connectivity index (χ4v) is 1.19. The third kappa shape index (κ3) is 5.46. The lowest BCUT2D eigenvalue weighted by Gasteiger charge is -2.00. The molecule has 1 aromatic heterocycles. The van der Waals surface area contributed by atoms with Crippen LogP contribution in [-0.2, 0) is 11.3 Å². The van der Waals surface area contributed by atoms with Gasteiger partial charge in [-0.3, -0.25) is 4.79 Å². The first-order valence-corrected chi connectivity index (χ1v) is 5.69. The predicted octanol–water partition coefficient (Wildman–Crippen LogP) is 1.68. The molecule has 2 rings (SSSR count). The van der Waals surface area contributed by atoms with Crippen molar-refractivity contribution >= 4 is 5.97 Å². The van der Waals surface area contributed by atoms with Gasteiger partial charge in [-0.05, 0) is 17.7 Å². The Hall–Kier alpha value is -2.68. The summed E-state index contributed by atoms with van der Waals surface area (Å²) in [5.74, 6) is -0.745. The fraction of sp³-hybridized carbons (Fsp3) is 0.231. The molecule has 0 bridgehead atoms. The van der Waals surface area contributed by atoms with Gasteiger partial charge in [-0.15, -0.1) is 0 Å². The maximum absolute atomic E-state index is 9.37. The number of carboxylic acids is 1. The highest BCUT2D eigenvalue weighted by Crippen LogP contribution is 2.04. The van der Waals surface area contributed by atoms with Crippen molar-refractivity contribution in [2.75, 3.05) is 0 Å². The van der Waals surface area contributed by atoms with Gasteiger partial charge in [0.15, 0.2) is 0 Å². The van der Waals surface area contributed by atoms with Gasteiger partial charge < -0.3 is 5.11 Å². The van der Waals surface area contributed by atoms with Crippen molar-refractivity contribution in [1.82, 2.24) is 14.8 Å². The molecule has 6 nitrogen and oxygen atoms in total. The van der Waals surface area contributed by atoms with E-state index >= 15 is 0 Å². The van der Waals surface area contributed by atoms with Gasteiger partial charge in [0.1, 0.15) is 12.7 Å². The minimum absolute atomic E-state index is 0.222. The molecule has 0 aliphatic carbocycles. The molecule has 0 saturated carbocycles. The van der Waals surface area contributed by atoms with E-state index in [2.05, 4.69) is 16.2 Å². The summed E-state index contributed by atoms with van der Waals surface area (Å²) < 4.78 is 1.74. The van der Waals surface area contributed by atoms with Gasteiger partial charge in [0.2, 0.25) is 0 Å². The van der Waals surface area contributed by atoms with Crippen LogP contribution in [0, 0.1) is 11.3 Å². The smallest absolute Gasteiger partial charge is 0.303 e. The Bertz CT molecular complexity index is 541. The summed E-state index contributed by atoms with van der Waals surface area (Å²) in [5, 5.41) is 20.3. The molecule has 0 radical (unpaired) electrons. The van der Waals surface area contributed by atoms with Crippen molar-refractivity contribution in [3.63, 3.8) is 0 Å². The maximum Gasteiger partial charge on any atom is 0.303 e. The number of aliphatic carboxylic acids is 1. The molecule has 0 aliphatic heterocycles. The van der Waals surface area contributed by atoms with Crippen LogP contribution in [0.4, 0.5) is 0 Å². The zero-order valence-electron chi connectivity index (χ0n) is 10.5. The summed E-state index contributed by atoms with van der Waals surface area (Å²) in [6, 6.07) is 9.51. The van der Waals surface area contributed by atoms with Crippen molar-refractivity contribution in [2.45, 2.75) is 19.9 Å². The Morgan fingerprint density at radius 3 is 2.47 bits per heavy atom. The third-order valence-electron chi connectivity index (χ3n) is 2.20. The van der Waals surface area contributed by atoms with Crippen LogP contribution >= 0.6 is 0 Å². The molecule has 0 atom stereocenters. The highest BCUT2D eigenvalue weighted by Gasteiger charge is 1.95. The molecular weight excluding hydrogens is 244 g/mol. The first kappa shape index (κ1) is 14.4. The van der Waals surface area contributed by atoms with Gasteiger partial charge in [0, 0.05) is 6.42 Å². The van der Waals surface area contributed by atoms with Crippen molar-refractivity contribution in [1.29, 1.82) is 5.26 Å². The van der Waals surface area contributed by atoms with Crippen LogP contribution in [0.5, 0.6) is 0 Å². The molecule has 0 aliphatic rings. The summed E-state index contributed by atoms with van der Waals surface area (Å²) in [6.07, 6.45) is 3.39. The van der Waals surface area contributed by atoms with Crippen molar-refractivity contribution in [3.05, 3.63) is 48.0 Å².